The van der Waals surface area contributed by atoms with Crippen LogP contribution in [0.2, 0.25) is 0 Å². The minimum absolute atomic E-state index is 0.198. The number of thioether (sulfide) groups is 1. The molecule has 4 heteroatoms. The molecule has 1 fully saturated rings. The van der Waals surface area contributed by atoms with Gasteiger partial charge in [0, 0.05) is 23.5 Å². The predicted molar refractivity (Wildman–Crippen MR) is 102 cm³/mol. The van der Waals surface area contributed by atoms with Crippen molar-refractivity contribution in [3.63, 3.8) is 0 Å². The molecular formula is C19H30N2OS. The summed E-state index contributed by atoms with van der Waals surface area (Å²) in [5.74, 6) is 0.922. The van der Waals surface area contributed by atoms with Crippen LogP contribution in [0.4, 0.5) is 5.69 Å². The van der Waals surface area contributed by atoms with Crippen LogP contribution in [0, 0.1) is 0 Å². The first-order valence-electron chi connectivity index (χ1n) is 9.03. The SMILES string of the molecule is CCCCNc1ccc(C(=O)SCCCN2CCCCC2)cc1. The van der Waals surface area contributed by atoms with E-state index in [0.717, 1.165) is 36.5 Å². The number of nitrogens with zero attached hydrogens (tertiary/aromatic N) is 1. The summed E-state index contributed by atoms with van der Waals surface area (Å²) in [6, 6.07) is 7.90. The lowest BCUT2D eigenvalue weighted by atomic mass is 10.1. The van der Waals surface area contributed by atoms with Crippen LogP contribution in [-0.2, 0) is 0 Å². The predicted octanol–water partition coefficient (Wildman–Crippen LogP) is 4.65. The maximum absolute atomic E-state index is 12.2. The maximum Gasteiger partial charge on any atom is 0.219 e. The normalized spacial score (nSPS) is 15.5. The number of likely N-dealkylation sites (tertiary alicyclic amines) is 1. The number of unbranched alkanes of at least 4 members (excludes halogenated alkanes) is 1. The molecule has 1 aromatic rings. The van der Waals surface area contributed by atoms with Gasteiger partial charge in [-0.25, -0.2) is 0 Å². The number of anilines is 1. The molecule has 23 heavy (non-hydrogen) atoms. The minimum atomic E-state index is 0.198. The molecule has 1 N–H and O–H groups in total. The highest BCUT2D eigenvalue weighted by atomic mass is 32.2. The van der Waals surface area contributed by atoms with Crippen molar-refractivity contribution in [2.75, 3.05) is 37.2 Å². The summed E-state index contributed by atoms with van der Waals surface area (Å²) in [7, 11) is 0. The quantitative estimate of drug-likeness (QED) is 0.666. The fourth-order valence-corrected chi connectivity index (χ4v) is 3.61. The van der Waals surface area contributed by atoms with Gasteiger partial charge < -0.3 is 10.2 Å². The molecule has 0 unspecified atom stereocenters. The first-order chi connectivity index (χ1) is 11.3. The van der Waals surface area contributed by atoms with Gasteiger partial charge in [-0.2, -0.15) is 0 Å². The molecule has 128 valence electrons. The molecule has 0 aliphatic carbocycles. The van der Waals surface area contributed by atoms with Crippen LogP contribution < -0.4 is 5.32 Å². The smallest absolute Gasteiger partial charge is 0.219 e. The second-order valence-corrected chi connectivity index (χ2v) is 7.32. The Kier molecular flexibility index (Phi) is 8.54. The Balaban J connectivity index is 1.64. The van der Waals surface area contributed by atoms with Crippen molar-refractivity contribution in [2.45, 2.75) is 45.4 Å². The van der Waals surface area contributed by atoms with E-state index in [1.807, 2.05) is 24.3 Å². The highest BCUT2D eigenvalue weighted by Crippen LogP contribution is 2.17. The van der Waals surface area contributed by atoms with Gasteiger partial charge in [-0.15, -0.1) is 0 Å². The Bertz CT molecular complexity index is 455. The summed E-state index contributed by atoms with van der Waals surface area (Å²) in [5, 5.41) is 3.57. The lowest BCUT2D eigenvalue weighted by molar-refractivity contribution is 0.108. The van der Waals surface area contributed by atoms with Crippen molar-refractivity contribution < 1.29 is 4.79 Å². The Labute approximate surface area is 145 Å². The van der Waals surface area contributed by atoms with E-state index in [4.69, 9.17) is 0 Å². The van der Waals surface area contributed by atoms with E-state index in [2.05, 4.69) is 17.1 Å². The molecule has 3 nitrogen and oxygen atoms in total. The number of carbonyl (C=O) groups is 1. The van der Waals surface area contributed by atoms with Crippen molar-refractivity contribution in [3.05, 3.63) is 29.8 Å². The van der Waals surface area contributed by atoms with Crippen molar-refractivity contribution in [1.82, 2.24) is 4.90 Å². The Morgan fingerprint density at radius 1 is 1.13 bits per heavy atom. The zero-order chi connectivity index (χ0) is 16.3. The molecular weight excluding hydrogens is 304 g/mol. The molecule has 0 amide bonds. The van der Waals surface area contributed by atoms with Gasteiger partial charge in [-0.3, -0.25) is 4.79 Å². The molecule has 0 atom stereocenters. The van der Waals surface area contributed by atoms with Gasteiger partial charge >= 0.3 is 0 Å². The molecule has 1 heterocycles. The largest absolute Gasteiger partial charge is 0.385 e. The van der Waals surface area contributed by atoms with Gasteiger partial charge in [0.1, 0.15) is 0 Å². The number of hydrogen-bond acceptors (Lipinski definition) is 4. The first kappa shape index (κ1) is 18.3. The second-order valence-electron chi connectivity index (χ2n) is 6.25. The summed E-state index contributed by atoms with van der Waals surface area (Å²) >= 11 is 1.46. The molecule has 0 aromatic heterocycles. The lowest BCUT2D eigenvalue weighted by Gasteiger charge is -2.26. The zero-order valence-electron chi connectivity index (χ0n) is 14.4. The molecule has 1 aliphatic rings. The van der Waals surface area contributed by atoms with E-state index in [1.165, 1.54) is 57.0 Å². The third-order valence-corrected chi connectivity index (χ3v) is 5.27. The average molecular weight is 335 g/mol. The molecule has 0 saturated carbocycles. The monoisotopic (exact) mass is 334 g/mol. The molecule has 0 radical (unpaired) electrons. The van der Waals surface area contributed by atoms with E-state index >= 15 is 0 Å². The topological polar surface area (TPSA) is 32.3 Å². The fourth-order valence-electron chi connectivity index (χ4n) is 2.85. The van der Waals surface area contributed by atoms with Crippen molar-refractivity contribution in [3.8, 4) is 0 Å². The van der Waals surface area contributed by atoms with Crippen LogP contribution in [-0.4, -0.2) is 41.9 Å². The first-order valence-corrected chi connectivity index (χ1v) is 10.0. The molecule has 1 aliphatic heterocycles. The number of nitrogens with one attached hydrogen (secondary N) is 1. The van der Waals surface area contributed by atoms with Crippen molar-refractivity contribution >= 4 is 22.6 Å². The van der Waals surface area contributed by atoms with Gasteiger partial charge in [0.15, 0.2) is 0 Å². The number of piperidine rings is 1. The number of hydrogen-bond donors (Lipinski definition) is 1. The van der Waals surface area contributed by atoms with Gasteiger partial charge in [0.25, 0.3) is 0 Å². The van der Waals surface area contributed by atoms with Gasteiger partial charge in [-0.05, 0) is 69.6 Å². The minimum Gasteiger partial charge on any atom is -0.385 e. The van der Waals surface area contributed by atoms with Crippen LogP contribution >= 0.6 is 11.8 Å². The zero-order valence-corrected chi connectivity index (χ0v) is 15.2. The summed E-state index contributed by atoms with van der Waals surface area (Å²) in [4.78, 5) is 14.7. The maximum atomic E-state index is 12.2. The lowest BCUT2D eigenvalue weighted by Crippen LogP contribution is -2.30. The Hall–Kier alpha value is -1.00. The van der Waals surface area contributed by atoms with Crippen LogP contribution in [0.1, 0.15) is 55.8 Å². The Morgan fingerprint density at radius 2 is 1.87 bits per heavy atom. The molecule has 0 spiro atoms. The number of rotatable bonds is 9. The van der Waals surface area contributed by atoms with Crippen LogP contribution in [0.3, 0.4) is 0 Å². The van der Waals surface area contributed by atoms with Crippen LogP contribution in [0.25, 0.3) is 0 Å². The summed E-state index contributed by atoms with van der Waals surface area (Å²) in [6.07, 6.45) is 7.53. The van der Waals surface area contributed by atoms with Crippen LogP contribution in [0.5, 0.6) is 0 Å². The van der Waals surface area contributed by atoms with Gasteiger partial charge in [0.2, 0.25) is 5.12 Å². The van der Waals surface area contributed by atoms with E-state index < -0.39 is 0 Å². The summed E-state index contributed by atoms with van der Waals surface area (Å²) in [6.45, 7) is 6.80. The molecule has 1 saturated heterocycles. The summed E-state index contributed by atoms with van der Waals surface area (Å²) in [5.41, 5.74) is 1.92. The third kappa shape index (κ3) is 6.96. The molecule has 1 aromatic carbocycles. The Morgan fingerprint density at radius 3 is 2.57 bits per heavy atom. The highest BCUT2D eigenvalue weighted by molar-refractivity contribution is 8.14. The van der Waals surface area contributed by atoms with Gasteiger partial charge in [-0.1, -0.05) is 31.5 Å². The fraction of sp³-hybridized carbons (Fsp3) is 0.632. The van der Waals surface area contributed by atoms with Crippen molar-refractivity contribution in [2.24, 2.45) is 0 Å². The average Bonchev–Trinajstić information content (AvgIpc) is 2.60. The number of benzene rings is 1. The van der Waals surface area contributed by atoms with Crippen LogP contribution in [0.15, 0.2) is 24.3 Å². The standard InChI is InChI=1S/C19H30N2OS/c1-2-3-12-20-18-10-8-17(9-11-18)19(22)23-16-7-15-21-13-5-4-6-14-21/h8-11,20H,2-7,12-16H2,1H3. The summed E-state index contributed by atoms with van der Waals surface area (Å²) < 4.78 is 0. The van der Waals surface area contributed by atoms with Crippen molar-refractivity contribution in [1.29, 1.82) is 0 Å². The molecule has 2 rings (SSSR count). The van der Waals surface area contributed by atoms with E-state index in [-0.39, 0.29) is 5.12 Å². The number of carbonyl (C=O) groups excluding carboxylic acids is 1. The van der Waals surface area contributed by atoms with Gasteiger partial charge in [0.05, 0.1) is 0 Å². The second kappa shape index (κ2) is 10.7. The third-order valence-electron chi connectivity index (χ3n) is 4.28. The molecule has 0 bridgehead atoms. The van der Waals surface area contributed by atoms with E-state index in [0.29, 0.717) is 0 Å². The van der Waals surface area contributed by atoms with E-state index in [9.17, 15) is 4.79 Å². The highest BCUT2D eigenvalue weighted by Gasteiger charge is 2.10. The van der Waals surface area contributed by atoms with E-state index in [1.54, 1.807) is 0 Å².